The summed E-state index contributed by atoms with van der Waals surface area (Å²) < 4.78 is 41.3. The number of alkyl halides is 3. The molecule has 2 aliphatic rings. The molecule has 28 heavy (non-hydrogen) atoms. The summed E-state index contributed by atoms with van der Waals surface area (Å²) in [7, 11) is 0. The lowest BCUT2D eigenvalue weighted by atomic mass is 9.85. The Morgan fingerprint density at radius 1 is 1.36 bits per heavy atom. The van der Waals surface area contributed by atoms with Gasteiger partial charge in [0, 0.05) is 0 Å². The number of amides is 3. The number of hydrogen-bond acceptors (Lipinski definition) is 6. The molecule has 0 saturated heterocycles. The Morgan fingerprint density at radius 2 is 2.04 bits per heavy atom. The van der Waals surface area contributed by atoms with Crippen LogP contribution in [0.25, 0.3) is 0 Å². The van der Waals surface area contributed by atoms with E-state index in [-0.39, 0.29) is 16.2 Å². The zero-order valence-electron chi connectivity index (χ0n) is 15.1. The average molecular weight is 415 g/mol. The molecular weight excluding hydrogens is 399 g/mol. The smallest absolute Gasteiger partial charge is 0.422 e. The molecule has 0 aromatic heterocycles. The van der Waals surface area contributed by atoms with Crippen molar-refractivity contribution in [1.82, 2.24) is 5.43 Å². The van der Waals surface area contributed by atoms with E-state index in [9.17, 15) is 27.6 Å². The molecule has 0 saturated carbocycles. The summed E-state index contributed by atoms with van der Waals surface area (Å²) in [6.45, 7) is 3.15. The number of fused-ring (bicyclic) bond motifs is 1. The van der Waals surface area contributed by atoms with Crippen LogP contribution in [0.1, 0.15) is 31.9 Å². The maximum atomic E-state index is 12.7. The molecule has 1 N–H and O–H groups in total. The first kappa shape index (κ1) is 20.2. The second-order valence-electron chi connectivity index (χ2n) is 6.82. The number of carbonyl (C=O) groups excluding carboxylic acids is 3. The van der Waals surface area contributed by atoms with Crippen LogP contribution in [0.4, 0.5) is 28.4 Å². The first-order chi connectivity index (χ1) is 12.9. The van der Waals surface area contributed by atoms with E-state index < -0.39 is 30.2 Å². The Morgan fingerprint density at radius 3 is 2.64 bits per heavy atom. The molecule has 0 aliphatic carbocycles. The van der Waals surface area contributed by atoms with Gasteiger partial charge in [-0.2, -0.15) is 18.3 Å². The fourth-order valence-electron chi connectivity index (χ4n) is 3.02. The molecule has 3 amide bonds. The van der Waals surface area contributed by atoms with Gasteiger partial charge in [0.25, 0.3) is 5.24 Å². The molecule has 1 aromatic carbocycles. The lowest BCUT2D eigenvalue weighted by molar-refractivity contribution is -0.160. The Balaban J connectivity index is 1.96. The van der Waals surface area contributed by atoms with Crippen LogP contribution in [0.2, 0.25) is 0 Å². The highest BCUT2D eigenvalue weighted by molar-refractivity contribution is 8.14. The van der Waals surface area contributed by atoms with Gasteiger partial charge in [-0.3, -0.25) is 9.59 Å². The molecule has 1 unspecified atom stereocenters. The molecule has 11 heteroatoms. The largest absolute Gasteiger partial charge is 0.439 e. The van der Waals surface area contributed by atoms with Gasteiger partial charge >= 0.3 is 12.3 Å². The molecule has 2 aliphatic heterocycles. The van der Waals surface area contributed by atoms with Gasteiger partial charge in [-0.15, -0.1) is 0 Å². The number of hydrazone groups is 1. The fourth-order valence-corrected chi connectivity index (χ4v) is 3.74. The number of halogens is 3. The molecule has 1 atom stereocenters. The average Bonchev–Trinajstić information content (AvgIpc) is 2.79. The van der Waals surface area contributed by atoms with E-state index in [2.05, 4.69) is 15.3 Å². The second-order valence-corrected chi connectivity index (χ2v) is 8.14. The van der Waals surface area contributed by atoms with Crippen molar-refractivity contribution in [3.8, 4) is 0 Å². The molecule has 0 radical (unpaired) electrons. The van der Waals surface area contributed by atoms with Crippen molar-refractivity contribution in [2.24, 2.45) is 5.10 Å². The van der Waals surface area contributed by atoms with Gasteiger partial charge in [0.05, 0.1) is 22.1 Å². The van der Waals surface area contributed by atoms with Crippen molar-refractivity contribution in [1.29, 1.82) is 0 Å². The standard InChI is InChI=1S/C17H16F3N3O4S/c1-8-12(21-22-14(25)28-8)9-4-5-11-10(6-9)16(2,3)13(24)23(11)15(26)27-7-17(18,19)20/h4-6,8H,7H2,1-3H3,(H,22,25). The predicted octanol–water partition coefficient (Wildman–Crippen LogP) is 3.56. The number of thioether (sulfide) groups is 1. The minimum Gasteiger partial charge on any atom is -0.439 e. The molecule has 0 fully saturated rings. The van der Waals surface area contributed by atoms with Crippen molar-refractivity contribution in [2.45, 2.75) is 37.6 Å². The van der Waals surface area contributed by atoms with E-state index in [1.54, 1.807) is 32.9 Å². The maximum Gasteiger partial charge on any atom is 0.422 e. The zero-order valence-corrected chi connectivity index (χ0v) is 15.9. The van der Waals surface area contributed by atoms with E-state index in [4.69, 9.17) is 0 Å². The van der Waals surface area contributed by atoms with Gasteiger partial charge in [-0.1, -0.05) is 17.8 Å². The van der Waals surface area contributed by atoms with Gasteiger partial charge in [-0.25, -0.2) is 15.1 Å². The van der Waals surface area contributed by atoms with Crippen LogP contribution in [0, 0.1) is 0 Å². The number of benzene rings is 1. The van der Waals surface area contributed by atoms with E-state index >= 15 is 0 Å². The van der Waals surface area contributed by atoms with E-state index in [1.165, 1.54) is 6.07 Å². The molecule has 2 heterocycles. The Kier molecular flexibility index (Phi) is 4.90. The third kappa shape index (κ3) is 3.58. The quantitative estimate of drug-likeness (QED) is 0.798. The van der Waals surface area contributed by atoms with Crippen LogP contribution in [0.3, 0.4) is 0 Å². The predicted molar refractivity (Wildman–Crippen MR) is 96.5 cm³/mol. The van der Waals surface area contributed by atoms with Crippen LogP contribution in [0.5, 0.6) is 0 Å². The number of carbonyl (C=O) groups is 3. The van der Waals surface area contributed by atoms with Crippen LogP contribution < -0.4 is 10.3 Å². The molecule has 0 bridgehead atoms. The van der Waals surface area contributed by atoms with Gasteiger partial charge in [0.15, 0.2) is 6.61 Å². The van der Waals surface area contributed by atoms with Crippen LogP contribution in [0.15, 0.2) is 23.3 Å². The third-order valence-corrected chi connectivity index (χ3v) is 5.30. The van der Waals surface area contributed by atoms with E-state index in [1.807, 2.05) is 0 Å². The topological polar surface area (TPSA) is 88.1 Å². The molecule has 7 nitrogen and oxygen atoms in total. The highest BCUT2D eigenvalue weighted by atomic mass is 32.2. The number of ether oxygens (including phenoxy) is 1. The van der Waals surface area contributed by atoms with Crippen LogP contribution >= 0.6 is 11.8 Å². The van der Waals surface area contributed by atoms with E-state index in [0.29, 0.717) is 21.7 Å². The summed E-state index contributed by atoms with van der Waals surface area (Å²) in [6.07, 6.45) is -6.08. The fraction of sp³-hybridized carbons (Fsp3) is 0.412. The summed E-state index contributed by atoms with van der Waals surface area (Å²) in [5.74, 6) is -0.687. The number of imide groups is 1. The first-order valence-corrected chi connectivity index (χ1v) is 9.07. The van der Waals surface area contributed by atoms with E-state index in [0.717, 1.165) is 11.8 Å². The molecule has 150 valence electrons. The van der Waals surface area contributed by atoms with Crippen molar-refractivity contribution < 1.29 is 32.3 Å². The van der Waals surface area contributed by atoms with Crippen LogP contribution in [-0.4, -0.2) is 41.0 Å². The third-order valence-electron chi connectivity index (χ3n) is 4.42. The number of anilines is 1. The van der Waals surface area contributed by atoms with Gasteiger partial charge < -0.3 is 4.74 Å². The van der Waals surface area contributed by atoms with Crippen molar-refractivity contribution in [2.75, 3.05) is 11.5 Å². The van der Waals surface area contributed by atoms with Gasteiger partial charge in [-0.05, 0) is 44.0 Å². The molecule has 1 aromatic rings. The normalized spacial score (nSPS) is 21.1. The summed E-state index contributed by atoms with van der Waals surface area (Å²) in [6, 6.07) is 4.70. The number of hydrogen-bond donors (Lipinski definition) is 1. The lowest BCUT2D eigenvalue weighted by Gasteiger charge is -2.20. The Bertz CT molecular complexity index is 898. The Labute approximate surface area is 162 Å². The first-order valence-electron chi connectivity index (χ1n) is 8.19. The van der Waals surface area contributed by atoms with Crippen molar-refractivity contribution in [3.63, 3.8) is 0 Å². The number of nitrogens with zero attached hydrogens (tertiary/aromatic N) is 2. The Hall–Kier alpha value is -2.56. The zero-order chi connectivity index (χ0) is 20.9. The SMILES string of the molecule is CC1SC(=O)NN=C1c1ccc2c(c1)C(C)(C)C(=O)N2C(=O)OCC(F)(F)F. The summed E-state index contributed by atoms with van der Waals surface area (Å²) in [5, 5.41) is 3.52. The lowest BCUT2D eigenvalue weighted by Crippen LogP contribution is -2.41. The van der Waals surface area contributed by atoms with Gasteiger partial charge in [0.1, 0.15) is 0 Å². The summed E-state index contributed by atoms with van der Waals surface area (Å²) in [4.78, 5) is 36.8. The van der Waals surface area contributed by atoms with Gasteiger partial charge in [0.2, 0.25) is 5.91 Å². The minimum absolute atomic E-state index is 0.159. The highest BCUT2D eigenvalue weighted by Crippen LogP contribution is 2.43. The molecule has 3 rings (SSSR count). The maximum absolute atomic E-state index is 12.7. The van der Waals surface area contributed by atoms with Crippen molar-refractivity contribution in [3.05, 3.63) is 29.3 Å². The number of nitrogens with one attached hydrogen (secondary N) is 1. The monoisotopic (exact) mass is 415 g/mol. The summed E-state index contributed by atoms with van der Waals surface area (Å²) >= 11 is 1.05. The summed E-state index contributed by atoms with van der Waals surface area (Å²) in [5.41, 5.74) is 3.04. The van der Waals surface area contributed by atoms with Crippen molar-refractivity contribution >= 4 is 40.4 Å². The molecular formula is C17H16F3N3O4S. The second kappa shape index (κ2) is 6.80. The number of rotatable bonds is 2. The highest BCUT2D eigenvalue weighted by Gasteiger charge is 2.48. The molecule has 0 spiro atoms. The minimum atomic E-state index is -4.70. The van der Waals surface area contributed by atoms with Crippen LogP contribution in [-0.2, 0) is 14.9 Å².